The normalized spacial score (nSPS) is 20.1. The summed E-state index contributed by atoms with van der Waals surface area (Å²) >= 11 is 7.41. The molecule has 1 aromatic carbocycles. The molecule has 2 aromatic rings. The van der Waals surface area contributed by atoms with Gasteiger partial charge in [-0.1, -0.05) is 30.2 Å². The van der Waals surface area contributed by atoms with E-state index in [1.807, 2.05) is 29.6 Å². The molecule has 1 aromatic heterocycles. The van der Waals surface area contributed by atoms with E-state index in [9.17, 15) is 4.79 Å². The first kappa shape index (κ1) is 18.2. The molecule has 1 aliphatic rings. The summed E-state index contributed by atoms with van der Waals surface area (Å²) in [7, 11) is 0. The molecule has 3 rings (SSSR count). The lowest BCUT2D eigenvalue weighted by atomic mass is 10.00. The van der Waals surface area contributed by atoms with Gasteiger partial charge in [-0.3, -0.25) is 4.79 Å². The van der Waals surface area contributed by atoms with E-state index in [2.05, 4.69) is 10.3 Å². The predicted molar refractivity (Wildman–Crippen MR) is 98.4 cm³/mol. The first-order chi connectivity index (χ1) is 10.6. The van der Waals surface area contributed by atoms with Crippen molar-refractivity contribution in [2.45, 2.75) is 31.7 Å². The Bertz CT molecular complexity index is 677. The first-order valence-corrected chi connectivity index (χ1v) is 8.64. The first-order valence-electron chi connectivity index (χ1n) is 7.39. The van der Waals surface area contributed by atoms with Crippen LogP contribution in [-0.4, -0.2) is 16.9 Å². The molecule has 3 N–H and O–H groups in total. The van der Waals surface area contributed by atoms with Crippen molar-refractivity contribution in [1.29, 1.82) is 0 Å². The molecule has 0 radical (unpaired) electrons. The molecule has 1 fully saturated rings. The summed E-state index contributed by atoms with van der Waals surface area (Å²) in [5, 5.41) is 6.08. The highest BCUT2D eigenvalue weighted by Crippen LogP contribution is 2.29. The van der Waals surface area contributed by atoms with Crippen molar-refractivity contribution in [3.8, 4) is 11.3 Å². The summed E-state index contributed by atoms with van der Waals surface area (Å²) in [6, 6.07) is 7.68. The highest BCUT2D eigenvalue weighted by Gasteiger charge is 2.26. The second kappa shape index (κ2) is 8.11. The number of anilines is 1. The highest BCUT2D eigenvalue weighted by atomic mass is 35.5. The van der Waals surface area contributed by atoms with E-state index in [-0.39, 0.29) is 24.4 Å². The number of halogens is 2. The Morgan fingerprint density at radius 1 is 1.43 bits per heavy atom. The minimum atomic E-state index is -0.00524. The molecule has 1 saturated carbocycles. The number of hydrogen-bond donors (Lipinski definition) is 2. The van der Waals surface area contributed by atoms with Gasteiger partial charge in [0.2, 0.25) is 5.91 Å². The molecule has 1 aliphatic carbocycles. The molecule has 0 unspecified atom stereocenters. The number of carbonyl (C=O) groups excluding carboxylic acids is 1. The average Bonchev–Trinajstić information content (AvgIpc) is 3.09. The number of benzene rings is 1. The number of amides is 1. The molecule has 1 heterocycles. The van der Waals surface area contributed by atoms with E-state index < -0.39 is 0 Å². The van der Waals surface area contributed by atoms with E-state index in [4.69, 9.17) is 17.3 Å². The molecule has 2 atom stereocenters. The van der Waals surface area contributed by atoms with Crippen LogP contribution in [0.25, 0.3) is 11.3 Å². The van der Waals surface area contributed by atoms with Gasteiger partial charge >= 0.3 is 0 Å². The number of hydrogen-bond acceptors (Lipinski definition) is 4. The topological polar surface area (TPSA) is 68.0 Å². The molecule has 7 heteroatoms. The Morgan fingerprint density at radius 2 is 2.26 bits per heavy atom. The second-order valence-corrected chi connectivity index (χ2v) is 6.95. The van der Waals surface area contributed by atoms with Crippen molar-refractivity contribution in [1.82, 2.24) is 4.98 Å². The summed E-state index contributed by atoms with van der Waals surface area (Å²) in [5.41, 5.74) is 7.78. The number of thiazole rings is 1. The monoisotopic (exact) mass is 371 g/mol. The smallest absolute Gasteiger partial charge is 0.226 e. The SMILES string of the molecule is Cl.N[C@@H]1CCC[C@H]1CC(=O)Nc1nc(-c2cccc(Cl)c2)cs1. The van der Waals surface area contributed by atoms with Gasteiger partial charge in [0, 0.05) is 28.4 Å². The van der Waals surface area contributed by atoms with E-state index in [0.717, 1.165) is 30.5 Å². The van der Waals surface area contributed by atoms with Crippen molar-refractivity contribution in [2.24, 2.45) is 11.7 Å². The largest absolute Gasteiger partial charge is 0.327 e. The van der Waals surface area contributed by atoms with Crippen LogP contribution in [0.4, 0.5) is 5.13 Å². The van der Waals surface area contributed by atoms with Gasteiger partial charge in [-0.15, -0.1) is 23.7 Å². The van der Waals surface area contributed by atoms with Crippen LogP contribution in [0, 0.1) is 5.92 Å². The lowest BCUT2D eigenvalue weighted by Crippen LogP contribution is -2.28. The second-order valence-electron chi connectivity index (χ2n) is 5.66. The van der Waals surface area contributed by atoms with Crippen molar-refractivity contribution in [3.05, 3.63) is 34.7 Å². The molecule has 4 nitrogen and oxygen atoms in total. The summed E-state index contributed by atoms with van der Waals surface area (Å²) < 4.78 is 0. The van der Waals surface area contributed by atoms with Gasteiger partial charge in [-0.25, -0.2) is 4.98 Å². The Labute approximate surface area is 150 Å². The summed E-state index contributed by atoms with van der Waals surface area (Å²) in [5.74, 6) is 0.293. The van der Waals surface area contributed by atoms with Gasteiger partial charge in [0.25, 0.3) is 0 Å². The van der Waals surface area contributed by atoms with Crippen LogP contribution in [0.1, 0.15) is 25.7 Å². The Balaban J connectivity index is 0.00000192. The van der Waals surface area contributed by atoms with Gasteiger partial charge in [0.1, 0.15) is 0 Å². The van der Waals surface area contributed by atoms with Crippen LogP contribution in [0.3, 0.4) is 0 Å². The number of nitrogens with zero attached hydrogens (tertiary/aromatic N) is 1. The van der Waals surface area contributed by atoms with Crippen molar-refractivity contribution in [2.75, 3.05) is 5.32 Å². The Hall–Kier alpha value is -1.14. The zero-order chi connectivity index (χ0) is 15.5. The van der Waals surface area contributed by atoms with Crippen molar-refractivity contribution < 1.29 is 4.79 Å². The van der Waals surface area contributed by atoms with Crippen molar-refractivity contribution in [3.63, 3.8) is 0 Å². The van der Waals surface area contributed by atoms with E-state index in [1.54, 1.807) is 0 Å². The molecule has 23 heavy (non-hydrogen) atoms. The Kier molecular flexibility index (Phi) is 6.41. The molecule has 1 amide bonds. The number of aromatic nitrogens is 1. The maximum Gasteiger partial charge on any atom is 0.226 e. The highest BCUT2D eigenvalue weighted by molar-refractivity contribution is 7.14. The molecule has 124 valence electrons. The Morgan fingerprint density at radius 3 is 2.96 bits per heavy atom. The van der Waals surface area contributed by atoms with E-state index >= 15 is 0 Å². The van der Waals surface area contributed by atoms with E-state index in [0.29, 0.717) is 22.5 Å². The summed E-state index contributed by atoms with van der Waals surface area (Å²) in [6.45, 7) is 0. The minimum Gasteiger partial charge on any atom is -0.327 e. The number of nitrogens with one attached hydrogen (secondary N) is 1. The maximum absolute atomic E-state index is 12.1. The lowest BCUT2D eigenvalue weighted by Gasteiger charge is -2.13. The molecule has 0 aliphatic heterocycles. The third-order valence-electron chi connectivity index (χ3n) is 4.04. The van der Waals surface area contributed by atoms with Crippen LogP contribution in [0.15, 0.2) is 29.6 Å². The van der Waals surface area contributed by atoms with Gasteiger partial charge in [0.15, 0.2) is 5.13 Å². The molecule has 0 saturated heterocycles. The summed E-state index contributed by atoms with van der Waals surface area (Å²) in [6.07, 6.45) is 3.66. The fraction of sp³-hybridized carbons (Fsp3) is 0.375. The van der Waals surface area contributed by atoms with Crippen LogP contribution in [-0.2, 0) is 4.79 Å². The standard InChI is InChI=1S/C16H18ClN3OS.ClH/c17-12-5-1-4-11(7-12)14-9-22-16(19-14)20-15(21)8-10-3-2-6-13(10)18;/h1,4-5,7,9-10,13H,2-3,6,8,18H2,(H,19,20,21);1H/t10-,13+;/m0./s1. The average molecular weight is 372 g/mol. The van der Waals surface area contributed by atoms with E-state index in [1.165, 1.54) is 11.3 Å². The minimum absolute atomic E-state index is 0. The van der Waals surface area contributed by atoms with Gasteiger partial charge in [-0.05, 0) is 30.9 Å². The zero-order valence-corrected chi connectivity index (χ0v) is 14.9. The van der Waals surface area contributed by atoms with Gasteiger partial charge in [-0.2, -0.15) is 0 Å². The zero-order valence-electron chi connectivity index (χ0n) is 12.5. The van der Waals surface area contributed by atoms with Crippen LogP contribution >= 0.6 is 35.3 Å². The van der Waals surface area contributed by atoms with Gasteiger partial charge in [0.05, 0.1) is 5.69 Å². The molecule has 0 bridgehead atoms. The quantitative estimate of drug-likeness (QED) is 0.839. The van der Waals surface area contributed by atoms with Crippen molar-refractivity contribution >= 4 is 46.4 Å². The predicted octanol–water partition coefficient (Wildman–Crippen LogP) is 4.34. The number of carbonyl (C=O) groups is 1. The van der Waals surface area contributed by atoms with Crippen LogP contribution in [0.5, 0.6) is 0 Å². The van der Waals surface area contributed by atoms with Crippen LogP contribution in [0.2, 0.25) is 5.02 Å². The van der Waals surface area contributed by atoms with Crippen LogP contribution < -0.4 is 11.1 Å². The number of rotatable bonds is 4. The molecular formula is C16H19Cl2N3OS. The summed E-state index contributed by atoms with van der Waals surface area (Å²) in [4.78, 5) is 16.5. The maximum atomic E-state index is 12.1. The third kappa shape index (κ3) is 4.67. The lowest BCUT2D eigenvalue weighted by molar-refractivity contribution is -0.117. The molecule has 0 spiro atoms. The fourth-order valence-corrected chi connectivity index (χ4v) is 3.77. The number of nitrogens with two attached hydrogens (primary N) is 1. The van der Waals surface area contributed by atoms with Gasteiger partial charge < -0.3 is 11.1 Å². The fourth-order valence-electron chi connectivity index (χ4n) is 2.84. The third-order valence-corrected chi connectivity index (χ3v) is 5.03. The molecular weight excluding hydrogens is 353 g/mol.